The van der Waals surface area contributed by atoms with Crippen molar-refractivity contribution < 1.29 is 9.59 Å². The predicted molar refractivity (Wildman–Crippen MR) is 64.4 cm³/mol. The van der Waals surface area contributed by atoms with Gasteiger partial charge in [-0.3, -0.25) is 9.59 Å². The fourth-order valence-corrected chi connectivity index (χ4v) is 3.91. The van der Waals surface area contributed by atoms with Gasteiger partial charge >= 0.3 is 0 Å². The van der Waals surface area contributed by atoms with Crippen molar-refractivity contribution in [2.45, 2.75) is 51.0 Å². The van der Waals surface area contributed by atoms with Crippen molar-refractivity contribution in [3.63, 3.8) is 0 Å². The van der Waals surface area contributed by atoms with Gasteiger partial charge in [-0.25, -0.2) is 0 Å². The van der Waals surface area contributed by atoms with Crippen LogP contribution < -0.4 is 0 Å². The van der Waals surface area contributed by atoms with Gasteiger partial charge in [0.15, 0.2) is 0 Å². The van der Waals surface area contributed by atoms with Crippen LogP contribution in [0.4, 0.5) is 0 Å². The number of nitrogens with zero attached hydrogens (tertiary/aromatic N) is 1. The Morgan fingerprint density at radius 3 is 2.29 bits per heavy atom. The first kappa shape index (κ1) is 11.2. The third-order valence-corrected chi connectivity index (χ3v) is 5.10. The second-order valence-corrected chi connectivity index (χ2v) is 6.00. The quantitative estimate of drug-likeness (QED) is 0.734. The van der Waals surface area contributed by atoms with E-state index in [-0.39, 0.29) is 0 Å². The maximum Gasteiger partial charge on any atom is 0.226 e. The van der Waals surface area contributed by atoms with Crippen molar-refractivity contribution >= 4 is 11.7 Å². The third kappa shape index (κ3) is 1.90. The minimum Gasteiger partial charge on any atom is -0.342 e. The molecule has 0 aliphatic heterocycles. The van der Waals surface area contributed by atoms with Crippen LogP contribution in [0.3, 0.4) is 0 Å². The molecule has 2 unspecified atom stereocenters. The van der Waals surface area contributed by atoms with Crippen molar-refractivity contribution in [1.29, 1.82) is 0 Å². The van der Waals surface area contributed by atoms with Crippen molar-refractivity contribution in [2.24, 2.45) is 17.8 Å². The highest BCUT2D eigenvalue weighted by Crippen LogP contribution is 2.58. The van der Waals surface area contributed by atoms with Crippen molar-refractivity contribution in [3.8, 4) is 0 Å². The summed E-state index contributed by atoms with van der Waals surface area (Å²) in [5.41, 5.74) is 0. The van der Waals surface area contributed by atoms with Gasteiger partial charge in [0.1, 0.15) is 5.78 Å². The van der Waals surface area contributed by atoms with E-state index in [1.807, 2.05) is 11.9 Å². The van der Waals surface area contributed by atoms with Gasteiger partial charge < -0.3 is 4.90 Å². The van der Waals surface area contributed by atoms with Crippen LogP contribution in [0.2, 0.25) is 0 Å². The normalized spacial score (nSPS) is 36.8. The molecule has 0 aromatic heterocycles. The molecule has 0 saturated heterocycles. The molecule has 1 amide bonds. The zero-order valence-corrected chi connectivity index (χ0v) is 10.5. The molecule has 3 saturated carbocycles. The number of carbonyl (C=O) groups is 2. The minimum atomic E-state index is 0.321. The van der Waals surface area contributed by atoms with E-state index in [9.17, 15) is 9.59 Å². The van der Waals surface area contributed by atoms with Gasteiger partial charge in [0.2, 0.25) is 5.91 Å². The van der Waals surface area contributed by atoms with E-state index in [1.165, 1.54) is 19.3 Å². The van der Waals surface area contributed by atoms with Crippen molar-refractivity contribution in [1.82, 2.24) is 4.90 Å². The van der Waals surface area contributed by atoms with E-state index in [0.29, 0.717) is 48.3 Å². The van der Waals surface area contributed by atoms with Crippen LogP contribution in [-0.2, 0) is 9.59 Å². The Balaban J connectivity index is 1.57. The topological polar surface area (TPSA) is 37.4 Å². The number of amides is 1. The van der Waals surface area contributed by atoms with E-state index in [1.54, 1.807) is 0 Å². The van der Waals surface area contributed by atoms with Gasteiger partial charge in [0.25, 0.3) is 0 Å². The Hall–Kier alpha value is -0.860. The molecule has 2 atom stereocenters. The molecule has 3 fully saturated rings. The van der Waals surface area contributed by atoms with Crippen LogP contribution in [0.1, 0.15) is 44.9 Å². The molecule has 3 nitrogen and oxygen atoms in total. The highest BCUT2D eigenvalue weighted by molar-refractivity contribution is 5.83. The summed E-state index contributed by atoms with van der Waals surface area (Å²) in [7, 11) is 1.94. The number of Topliss-reactive ketones (excluding diaryl/α,β-unsaturated/α-hetero) is 1. The summed E-state index contributed by atoms with van der Waals surface area (Å²) < 4.78 is 0. The van der Waals surface area contributed by atoms with E-state index >= 15 is 0 Å². The number of fused-ring (bicyclic) bond motifs is 1. The highest BCUT2D eigenvalue weighted by atomic mass is 16.2. The summed E-state index contributed by atoms with van der Waals surface area (Å²) in [6, 6.07) is 0.321. The summed E-state index contributed by atoms with van der Waals surface area (Å²) in [6.07, 6.45) is 6.93. The first-order valence-corrected chi connectivity index (χ1v) is 6.97. The molecule has 3 rings (SSSR count). The minimum absolute atomic E-state index is 0.321. The first-order valence-electron chi connectivity index (χ1n) is 6.97. The number of carbonyl (C=O) groups excluding carboxylic acids is 2. The second kappa shape index (κ2) is 4.11. The molecule has 0 aromatic carbocycles. The zero-order valence-electron chi connectivity index (χ0n) is 10.5. The Morgan fingerprint density at radius 2 is 1.71 bits per heavy atom. The summed E-state index contributed by atoms with van der Waals surface area (Å²) in [5.74, 6) is 2.47. The number of hydrogen-bond acceptors (Lipinski definition) is 2. The maximum atomic E-state index is 12.3. The van der Waals surface area contributed by atoms with Crippen LogP contribution >= 0.6 is 0 Å². The molecule has 17 heavy (non-hydrogen) atoms. The molecular formula is C14H21NO2. The number of rotatable bonds is 2. The molecule has 0 heterocycles. The smallest absolute Gasteiger partial charge is 0.226 e. The van der Waals surface area contributed by atoms with Crippen molar-refractivity contribution in [3.05, 3.63) is 0 Å². The van der Waals surface area contributed by atoms with Gasteiger partial charge in [-0.15, -0.1) is 0 Å². The fourth-order valence-electron chi connectivity index (χ4n) is 3.91. The van der Waals surface area contributed by atoms with Crippen LogP contribution in [0.15, 0.2) is 0 Å². The molecule has 3 aliphatic rings. The van der Waals surface area contributed by atoms with Crippen LogP contribution in [0.25, 0.3) is 0 Å². The average Bonchev–Trinajstić information content (AvgIpc) is 2.81. The lowest BCUT2D eigenvalue weighted by Crippen LogP contribution is -2.41. The Morgan fingerprint density at radius 1 is 1.12 bits per heavy atom. The van der Waals surface area contributed by atoms with E-state index in [2.05, 4.69) is 0 Å². The van der Waals surface area contributed by atoms with E-state index in [4.69, 9.17) is 0 Å². The molecule has 0 bridgehead atoms. The average molecular weight is 235 g/mol. The molecule has 3 heteroatoms. The molecule has 0 aromatic rings. The summed E-state index contributed by atoms with van der Waals surface area (Å²) >= 11 is 0. The Kier molecular flexibility index (Phi) is 2.72. The van der Waals surface area contributed by atoms with Crippen molar-refractivity contribution in [2.75, 3.05) is 7.05 Å². The van der Waals surface area contributed by atoms with Gasteiger partial charge in [0.05, 0.1) is 0 Å². The summed E-state index contributed by atoms with van der Waals surface area (Å²) in [6.45, 7) is 0. The van der Waals surface area contributed by atoms with Gasteiger partial charge in [-0.2, -0.15) is 0 Å². The lowest BCUT2D eigenvalue weighted by atomic mass is 9.93. The third-order valence-electron chi connectivity index (χ3n) is 5.10. The SMILES string of the molecule is CN(C(=O)C1C2CCCC21)C1CCC(=O)CC1. The van der Waals surface area contributed by atoms with Crippen LogP contribution in [-0.4, -0.2) is 29.7 Å². The first-order chi connectivity index (χ1) is 8.18. The standard InChI is InChI=1S/C14H21NO2/c1-15(9-5-7-10(16)8-6-9)14(17)13-11-3-2-4-12(11)13/h9,11-13H,2-8H2,1H3. The van der Waals surface area contributed by atoms with Crippen LogP contribution in [0, 0.1) is 17.8 Å². The predicted octanol–water partition coefficient (Wildman–Crippen LogP) is 2.00. The lowest BCUT2D eigenvalue weighted by Gasteiger charge is -2.31. The molecule has 94 valence electrons. The summed E-state index contributed by atoms with van der Waals surface area (Å²) in [4.78, 5) is 25.5. The monoisotopic (exact) mass is 235 g/mol. The van der Waals surface area contributed by atoms with Gasteiger partial charge in [-0.1, -0.05) is 6.42 Å². The fraction of sp³-hybridized carbons (Fsp3) is 0.857. The maximum absolute atomic E-state index is 12.3. The van der Waals surface area contributed by atoms with Gasteiger partial charge in [0, 0.05) is 31.8 Å². The second-order valence-electron chi connectivity index (χ2n) is 6.00. The number of hydrogen-bond donors (Lipinski definition) is 0. The number of ketones is 1. The highest BCUT2D eigenvalue weighted by Gasteiger charge is 2.57. The molecule has 0 radical (unpaired) electrons. The molecule has 0 N–H and O–H groups in total. The van der Waals surface area contributed by atoms with E-state index in [0.717, 1.165) is 12.8 Å². The Labute approximate surface area is 103 Å². The Bertz CT molecular complexity index is 332. The molecule has 0 spiro atoms. The molecular weight excluding hydrogens is 214 g/mol. The van der Waals surface area contributed by atoms with E-state index < -0.39 is 0 Å². The lowest BCUT2D eigenvalue weighted by molar-refractivity contribution is -0.136. The van der Waals surface area contributed by atoms with Crippen LogP contribution in [0.5, 0.6) is 0 Å². The van der Waals surface area contributed by atoms with Gasteiger partial charge in [-0.05, 0) is 37.5 Å². The zero-order chi connectivity index (χ0) is 12.0. The molecule has 3 aliphatic carbocycles. The summed E-state index contributed by atoms with van der Waals surface area (Å²) in [5, 5.41) is 0. The largest absolute Gasteiger partial charge is 0.342 e.